The van der Waals surface area contributed by atoms with Crippen molar-refractivity contribution in [2.45, 2.75) is 62.6 Å². The molecule has 7 rings (SSSR count). The minimum atomic E-state index is -1.92. The second-order valence-electron chi connectivity index (χ2n) is 14.3. The maximum atomic E-state index is 13.7. The van der Waals surface area contributed by atoms with Crippen LogP contribution in [0.15, 0.2) is 114 Å². The number of aliphatic hydroxyl groups is 4. The Labute approximate surface area is 264 Å². The Hall–Kier alpha value is -3.39. The van der Waals surface area contributed by atoms with Gasteiger partial charge in [-0.05, 0) is 34.8 Å². The average molecular weight is 607 g/mol. The van der Waals surface area contributed by atoms with Gasteiger partial charge >= 0.3 is 0 Å². The van der Waals surface area contributed by atoms with Crippen LogP contribution in [0.2, 0.25) is 0 Å². The van der Waals surface area contributed by atoms with Crippen LogP contribution in [0.1, 0.15) is 50.8 Å². The van der Waals surface area contributed by atoms with Gasteiger partial charge in [0.25, 0.3) is 0 Å². The molecule has 6 nitrogen and oxygen atoms in total. The van der Waals surface area contributed by atoms with E-state index in [9.17, 15) is 25.2 Å². The van der Waals surface area contributed by atoms with Gasteiger partial charge in [0, 0.05) is 35.5 Å². The summed E-state index contributed by atoms with van der Waals surface area (Å²) in [5, 5.41) is 48.2. The van der Waals surface area contributed by atoms with E-state index in [1.54, 1.807) is 19.9 Å². The zero-order valence-corrected chi connectivity index (χ0v) is 26.2. The summed E-state index contributed by atoms with van der Waals surface area (Å²) < 4.78 is 7.12. The lowest BCUT2D eigenvalue weighted by atomic mass is 9.59. The summed E-state index contributed by atoms with van der Waals surface area (Å²) >= 11 is 0. The topological polar surface area (TPSA) is 107 Å². The highest BCUT2D eigenvalue weighted by molar-refractivity contribution is 6.04. The van der Waals surface area contributed by atoms with E-state index in [1.165, 1.54) is 0 Å². The van der Waals surface area contributed by atoms with Gasteiger partial charge in [-0.2, -0.15) is 0 Å². The molecule has 234 valence electrons. The van der Waals surface area contributed by atoms with Crippen molar-refractivity contribution in [1.82, 2.24) is 0 Å². The molecule has 0 saturated heterocycles. The van der Waals surface area contributed by atoms with Crippen molar-refractivity contribution >= 4 is 5.78 Å². The summed E-state index contributed by atoms with van der Waals surface area (Å²) in [4.78, 5) is 13.7. The van der Waals surface area contributed by atoms with Gasteiger partial charge in [0.15, 0.2) is 5.78 Å². The van der Waals surface area contributed by atoms with Crippen molar-refractivity contribution in [2.75, 3.05) is 6.61 Å². The standard InChI is InChI=1S/C39H42O6/c1-24-20-31-36(42,33(24)40)22-26(21-30-32-35(3,4)39(32,44)34(41)25(2)37(30,31)43)23-45-38(27-14-8-5-9-15-27,28-16-10-6-11-17-28)29-18-12-7-13-19-29/h5-21,25,30-32,34,41-44H,22-23H2,1-4H3/t25-,30+,31-,32?,34-,36-,37-,39-/m1/s1. The molecule has 6 heteroatoms. The quantitative estimate of drug-likeness (QED) is 0.234. The van der Waals surface area contributed by atoms with Crippen LogP contribution < -0.4 is 0 Å². The Morgan fingerprint density at radius 2 is 1.31 bits per heavy atom. The number of hydrogen-bond donors (Lipinski definition) is 4. The lowest BCUT2D eigenvalue weighted by Crippen LogP contribution is -2.65. The van der Waals surface area contributed by atoms with E-state index in [4.69, 9.17) is 4.74 Å². The Morgan fingerprint density at radius 1 is 0.822 bits per heavy atom. The zero-order chi connectivity index (χ0) is 32.0. The normalized spacial score (nSPS) is 36.6. The highest BCUT2D eigenvalue weighted by Gasteiger charge is 2.84. The molecule has 0 bridgehead atoms. The number of aliphatic hydroxyl groups excluding tert-OH is 1. The van der Waals surface area contributed by atoms with Crippen molar-refractivity contribution in [3.8, 4) is 0 Å². The van der Waals surface area contributed by atoms with Crippen LogP contribution in [0.3, 0.4) is 0 Å². The van der Waals surface area contributed by atoms with Gasteiger partial charge in [-0.15, -0.1) is 0 Å². The van der Waals surface area contributed by atoms with Gasteiger partial charge in [0.05, 0.1) is 18.3 Å². The van der Waals surface area contributed by atoms with E-state index in [-0.39, 0.29) is 13.0 Å². The molecule has 0 aromatic heterocycles. The van der Waals surface area contributed by atoms with Crippen molar-refractivity contribution < 1.29 is 30.0 Å². The predicted molar refractivity (Wildman–Crippen MR) is 171 cm³/mol. The van der Waals surface area contributed by atoms with Crippen molar-refractivity contribution in [3.63, 3.8) is 0 Å². The number of benzene rings is 3. The zero-order valence-electron chi connectivity index (χ0n) is 26.2. The highest BCUT2D eigenvalue weighted by Crippen LogP contribution is 2.75. The lowest BCUT2D eigenvalue weighted by molar-refractivity contribution is -0.209. The molecule has 45 heavy (non-hydrogen) atoms. The minimum Gasteiger partial charge on any atom is -0.390 e. The van der Waals surface area contributed by atoms with Gasteiger partial charge < -0.3 is 25.2 Å². The Bertz CT molecular complexity index is 1580. The van der Waals surface area contributed by atoms with Gasteiger partial charge in [0.2, 0.25) is 0 Å². The van der Waals surface area contributed by atoms with Crippen LogP contribution in [0.25, 0.3) is 0 Å². The van der Waals surface area contributed by atoms with Crippen molar-refractivity contribution in [2.24, 2.45) is 29.1 Å². The number of Topliss-reactive ketones (excluding diaryl/α,β-unsaturated/α-hetero) is 1. The summed E-state index contributed by atoms with van der Waals surface area (Å²) in [5.74, 6) is -3.31. The second-order valence-corrected chi connectivity index (χ2v) is 14.3. The van der Waals surface area contributed by atoms with Crippen LogP contribution >= 0.6 is 0 Å². The van der Waals surface area contributed by atoms with Crippen LogP contribution in [0, 0.1) is 29.1 Å². The molecular weight excluding hydrogens is 564 g/mol. The first-order chi connectivity index (χ1) is 21.3. The van der Waals surface area contributed by atoms with Gasteiger partial charge in [-0.1, -0.05) is 124 Å². The first-order valence-corrected chi connectivity index (χ1v) is 15.9. The molecule has 0 aliphatic heterocycles. The fraction of sp³-hybridized carbons (Fsp3) is 0.410. The number of carbonyl (C=O) groups excluding carboxylic acids is 1. The van der Waals surface area contributed by atoms with E-state index in [2.05, 4.69) is 0 Å². The predicted octanol–water partition coefficient (Wildman–Crippen LogP) is 4.95. The minimum absolute atomic E-state index is 0.0357. The average Bonchev–Trinajstić information content (AvgIpc) is 3.45. The summed E-state index contributed by atoms with van der Waals surface area (Å²) in [6.07, 6.45) is 2.36. The van der Waals surface area contributed by atoms with Crippen LogP contribution in [0.4, 0.5) is 0 Å². The molecule has 0 spiro atoms. The Morgan fingerprint density at radius 3 is 1.80 bits per heavy atom. The maximum Gasteiger partial charge on any atom is 0.190 e. The number of ether oxygens (including phenoxy) is 1. The molecule has 1 unspecified atom stereocenters. The van der Waals surface area contributed by atoms with E-state index >= 15 is 0 Å². The van der Waals surface area contributed by atoms with E-state index in [0.29, 0.717) is 11.1 Å². The second kappa shape index (κ2) is 10.1. The first-order valence-electron chi connectivity index (χ1n) is 15.9. The number of rotatable bonds is 6. The first kappa shape index (κ1) is 30.3. The van der Waals surface area contributed by atoms with Gasteiger partial charge in [0.1, 0.15) is 16.8 Å². The molecule has 8 atom stereocenters. The van der Waals surface area contributed by atoms with Gasteiger partial charge in [-0.3, -0.25) is 4.79 Å². The number of hydrogen-bond acceptors (Lipinski definition) is 6. The lowest BCUT2D eigenvalue weighted by Gasteiger charge is -2.51. The largest absolute Gasteiger partial charge is 0.390 e. The van der Waals surface area contributed by atoms with E-state index in [1.807, 2.05) is 111 Å². The maximum absolute atomic E-state index is 13.7. The molecule has 0 amide bonds. The third kappa shape index (κ3) is 3.90. The molecule has 3 aromatic carbocycles. The number of carbonyl (C=O) groups is 1. The Balaban J connectivity index is 1.39. The molecule has 4 N–H and O–H groups in total. The SMILES string of the molecule is CC1=C[C@H]2[C@@]3(O)[C@H](C)[C@@H](O)[C@]4(O)C([C@@H]3C=C(COC(c3ccccc3)(c3ccccc3)c3ccccc3)C[C@]2(O)C1=O)C4(C)C. The molecule has 2 saturated carbocycles. The number of ketones is 1. The summed E-state index contributed by atoms with van der Waals surface area (Å²) in [6, 6.07) is 30.0. The third-order valence-corrected chi connectivity index (χ3v) is 11.9. The van der Waals surface area contributed by atoms with E-state index in [0.717, 1.165) is 16.7 Å². The third-order valence-electron chi connectivity index (χ3n) is 11.9. The smallest absolute Gasteiger partial charge is 0.190 e. The summed E-state index contributed by atoms with van der Waals surface area (Å²) in [5.41, 5.74) is -2.89. The molecule has 2 fully saturated rings. The van der Waals surface area contributed by atoms with Crippen molar-refractivity contribution in [3.05, 3.63) is 131 Å². The Kier molecular flexibility index (Phi) is 6.76. The molecule has 0 heterocycles. The molecule has 0 radical (unpaired) electrons. The molecule has 4 aliphatic carbocycles. The van der Waals surface area contributed by atoms with Crippen LogP contribution in [0.5, 0.6) is 0 Å². The number of fused-ring (bicyclic) bond motifs is 5. The summed E-state index contributed by atoms with van der Waals surface area (Å²) in [7, 11) is 0. The fourth-order valence-electron chi connectivity index (χ4n) is 9.41. The van der Waals surface area contributed by atoms with Gasteiger partial charge in [-0.25, -0.2) is 0 Å². The monoisotopic (exact) mass is 606 g/mol. The molecule has 4 aliphatic rings. The summed E-state index contributed by atoms with van der Waals surface area (Å²) in [6.45, 7) is 7.25. The highest BCUT2D eigenvalue weighted by atomic mass is 16.5. The fourth-order valence-corrected chi connectivity index (χ4v) is 9.41. The van der Waals surface area contributed by atoms with Crippen molar-refractivity contribution in [1.29, 1.82) is 0 Å². The van der Waals surface area contributed by atoms with Crippen LogP contribution in [-0.4, -0.2) is 55.7 Å². The molecule has 3 aromatic rings. The molecular formula is C39H42O6. The van der Waals surface area contributed by atoms with Crippen LogP contribution in [-0.2, 0) is 15.1 Å². The van der Waals surface area contributed by atoms with E-state index < -0.39 is 63.4 Å².